The fourth-order valence-electron chi connectivity index (χ4n) is 3.44. The predicted molar refractivity (Wildman–Crippen MR) is 106 cm³/mol. The van der Waals surface area contributed by atoms with Crippen LogP contribution in [0.25, 0.3) is 16.9 Å². The minimum atomic E-state index is -0.275. The van der Waals surface area contributed by atoms with Gasteiger partial charge in [-0.25, -0.2) is 9.50 Å². The molecule has 7 nitrogen and oxygen atoms in total. The van der Waals surface area contributed by atoms with Crippen LogP contribution in [-0.4, -0.2) is 20.4 Å². The van der Waals surface area contributed by atoms with Gasteiger partial charge in [0.25, 0.3) is 0 Å². The molecule has 0 atom stereocenters. The number of nitrogens with zero attached hydrogens (tertiary/aromatic N) is 5. The van der Waals surface area contributed by atoms with Gasteiger partial charge in [0.15, 0.2) is 22.9 Å². The normalized spacial score (nSPS) is 11.6. The number of hydrogen-bond acceptors (Lipinski definition) is 6. The van der Waals surface area contributed by atoms with Gasteiger partial charge in [-0.05, 0) is 24.3 Å². The van der Waals surface area contributed by atoms with E-state index in [2.05, 4.69) is 27.5 Å². The van der Waals surface area contributed by atoms with E-state index in [0.29, 0.717) is 27.5 Å². The Bertz CT molecular complexity index is 1420. The van der Waals surface area contributed by atoms with Crippen LogP contribution in [0.5, 0.6) is 0 Å². The summed E-state index contributed by atoms with van der Waals surface area (Å²) in [5.41, 5.74) is 2.82. The maximum absolute atomic E-state index is 12.9. The van der Waals surface area contributed by atoms with Crippen molar-refractivity contribution in [1.29, 1.82) is 10.5 Å². The second-order valence-electron chi connectivity index (χ2n) is 6.37. The molecule has 0 bridgehead atoms. The zero-order valence-corrected chi connectivity index (χ0v) is 15.4. The van der Waals surface area contributed by atoms with Crippen LogP contribution >= 0.6 is 11.6 Å². The molecule has 0 aliphatic heterocycles. The van der Waals surface area contributed by atoms with Crippen molar-refractivity contribution in [2.45, 2.75) is 0 Å². The van der Waals surface area contributed by atoms with E-state index >= 15 is 0 Å². The first kappa shape index (κ1) is 16.9. The molecule has 1 aliphatic carbocycles. The Balaban J connectivity index is 1.77. The summed E-state index contributed by atoms with van der Waals surface area (Å²) in [7, 11) is 0. The molecule has 0 saturated heterocycles. The molecule has 2 heterocycles. The van der Waals surface area contributed by atoms with Crippen LogP contribution in [0.15, 0.2) is 48.5 Å². The summed E-state index contributed by atoms with van der Waals surface area (Å²) in [4.78, 5) is 17.4. The van der Waals surface area contributed by atoms with E-state index in [4.69, 9.17) is 11.6 Å². The number of halogens is 1. The number of hydrogen-bond donors (Lipinski definition) is 1. The van der Waals surface area contributed by atoms with Crippen LogP contribution in [0.1, 0.15) is 27.2 Å². The molecule has 29 heavy (non-hydrogen) atoms. The van der Waals surface area contributed by atoms with Gasteiger partial charge in [0.1, 0.15) is 17.7 Å². The predicted octanol–water partition coefficient (Wildman–Crippen LogP) is 4.08. The quantitative estimate of drug-likeness (QED) is 0.481. The van der Waals surface area contributed by atoms with Crippen LogP contribution in [0, 0.1) is 22.7 Å². The highest BCUT2D eigenvalue weighted by Gasteiger charge is 2.34. The molecule has 136 valence electrons. The smallest absolute Gasteiger partial charge is 0.198 e. The van der Waals surface area contributed by atoms with Gasteiger partial charge in [-0.2, -0.15) is 10.5 Å². The minimum Gasteiger partial charge on any atom is -0.338 e. The summed E-state index contributed by atoms with van der Waals surface area (Å²) < 4.78 is 1.25. The van der Waals surface area contributed by atoms with Crippen molar-refractivity contribution < 1.29 is 4.79 Å². The fourth-order valence-corrected chi connectivity index (χ4v) is 3.57. The Morgan fingerprint density at radius 2 is 1.72 bits per heavy atom. The summed E-state index contributed by atoms with van der Waals surface area (Å²) in [6, 6.07) is 18.1. The fraction of sp³-hybridized carbons (Fsp3) is 0. The number of nitrogens with one attached hydrogen (secondary N) is 1. The van der Waals surface area contributed by atoms with Gasteiger partial charge in [-0.1, -0.05) is 35.9 Å². The first-order valence-electron chi connectivity index (χ1n) is 8.56. The molecule has 0 unspecified atom stereocenters. The lowest BCUT2D eigenvalue weighted by Gasteiger charge is -2.03. The third-order valence-corrected chi connectivity index (χ3v) is 4.99. The van der Waals surface area contributed by atoms with E-state index in [1.54, 1.807) is 48.5 Å². The summed E-state index contributed by atoms with van der Waals surface area (Å²) in [5, 5.41) is 27.5. The summed E-state index contributed by atoms with van der Waals surface area (Å²) in [6.45, 7) is 0. The average molecular weight is 397 g/mol. The van der Waals surface area contributed by atoms with Crippen molar-refractivity contribution in [3.05, 3.63) is 75.9 Å². The molecule has 1 aliphatic rings. The molecular formula is C21H9ClN6O. The molecule has 2 aromatic carbocycles. The van der Waals surface area contributed by atoms with Crippen molar-refractivity contribution in [2.75, 3.05) is 5.32 Å². The number of benzene rings is 2. The first-order valence-corrected chi connectivity index (χ1v) is 8.94. The van der Waals surface area contributed by atoms with Gasteiger partial charge in [0, 0.05) is 21.8 Å². The van der Waals surface area contributed by atoms with Gasteiger partial charge in [0.2, 0.25) is 0 Å². The molecule has 0 fully saturated rings. The van der Waals surface area contributed by atoms with Gasteiger partial charge in [-0.15, -0.1) is 5.10 Å². The van der Waals surface area contributed by atoms with Crippen LogP contribution in [0.2, 0.25) is 5.02 Å². The van der Waals surface area contributed by atoms with Crippen molar-refractivity contribution in [3.8, 4) is 23.4 Å². The number of carbonyl (C=O) groups is 1. The zero-order valence-electron chi connectivity index (χ0n) is 14.6. The first-order chi connectivity index (χ1) is 14.1. The molecule has 5 rings (SSSR count). The van der Waals surface area contributed by atoms with E-state index in [1.807, 2.05) is 0 Å². The molecule has 0 radical (unpaired) electrons. The Labute approximate surface area is 169 Å². The second-order valence-corrected chi connectivity index (χ2v) is 6.81. The van der Waals surface area contributed by atoms with Crippen molar-refractivity contribution >= 4 is 34.5 Å². The summed E-state index contributed by atoms with van der Waals surface area (Å²) >= 11 is 5.91. The van der Waals surface area contributed by atoms with Crippen LogP contribution in [0.3, 0.4) is 0 Å². The number of carbonyl (C=O) groups excluding carboxylic acids is 1. The molecule has 1 N–H and O–H groups in total. The van der Waals surface area contributed by atoms with Gasteiger partial charge < -0.3 is 5.32 Å². The number of nitriles is 2. The minimum absolute atomic E-state index is 0.0480. The Morgan fingerprint density at radius 3 is 2.41 bits per heavy atom. The lowest BCUT2D eigenvalue weighted by Crippen LogP contribution is -2.07. The number of fused-ring (bicyclic) bond motifs is 4. The molecule has 4 aromatic rings. The van der Waals surface area contributed by atoms with Crippen LogP contribution in [-0.2, 0) is 0 Å². The SMILES string of the molecule is N#Cc1c(Nc2ccc(Cl)cc2)nn2c(C#N)c3c(nc12)-c1ccccc1C3=O. The van der Waals surface area contributed by atoms with E-state index in [9.17, 15) is 15.3 Å². The zero-order chi connectivity index (χ0) is 20.1. The van der Waals surface area contributed by atoms with Gasteiger partial charge in [0.05, 0.1) is 11.3 Å². The monoisotopic (exact) mass is 396 g/mol. The van der Waals surface area contributed by atoms with Crippen LogP contribution < -0.4 is 5.32 Å². The number of ketones is 1. The molecular weight excluding hydrogens is 388 g/mol. The summed E-state index contributed by atoms with van der Waals surface area (Å²) in [6.07, 6.45) is 0. The average Bonchev–Trinajstić information content (AvgIpc) is 3.23. The molecule has 8 heteroatoms. The molecule has 0 saturated carbocycles. The third kappa shape index (κ3) is 2.39. The number of anilines is 2. The number of rotatable bonds is 2. The second kappa shape index (κ2) is 6.16. The van der Waals surface area contributed by atoms with Crippen molar-refractivity contribution in [1.82, 2.24) is 14.6 Å². The third-order valence-electron chi connectivity index (χ3n) is 4.74. The Morgan fingerprint density at radius 1 is 1.00 bits per heavy atom. The highest BCUT2D eigenvalue weighted by atomic mass is 35.5. The van der Waals surface area contributed by atoms with E-state index in [-0.39, 0.29) is 34.1 Å². The number of aromatic nitrogens is 3. The van der Waals surface area contributed by atoms with E-state index in [0.717, 1.165) is 0 Å². The largest absolute Gasteiger partial charge is 0.338 e. The highest BCUT2D eigenvalue weighted by Crippen LogP contribution is 2.38. The Hall–Kier alpha value is -4.20. The van der Waals surface area contributed by atoms with Crippen LogP contribution in [0.4, 0.5) is 11.5 Å². The maximum atomic E-state index is 12.9. The lowest BCUT2D eigenvalue weighted by atomic mass is 10.1. The highest BCUT2D eigenvalue weighted by molar-refractivity contribution is 6.30. The van der Waals surface area contributed by atoms with Gasteiger partial charge >= 0.3 is 0 Å². The lowest BCUT2D eigenvalue weighted by molar-refractivity contribution is 0.104. The Kier molecular flexibility index (Phi) is 3.60. The standard InChI is InChI=1S/C21H9ClN6O/c22-11-5-7-12(8-6-11)25-20-15(9-23)21-26-18-13-3-1-2-4-14(13)19(29)17(18)16(10-24)28(21)27-20/h1-8H,(H,25,27). The van der Waals surface area contributed by atoms with Gasteiger partial charge in [-0.3, -0.25) is 4.79 Å². The molecule has 0 amide bonds. The topological polar surface area (TPSA) is 107 Å². The molecule has 0 spiro atoms. The van der Waals surface area contributed by atoms with E-state index in [1.165, 1.54) is 4.52 Å². The maximum Gasteiger partial charge on any atom is 0.198 e. The summed E-state index contributed by atoms with van der Waals surface area (Å²) in [5.74, 6) is -0.0361. The van der Waals surface area contributed by atoms with E-state index < -0.39 is 0 Å². The van der Waals surface area contributed by atoms with Crippen molar-refractivity contribution in [3.63, 3.8) is 0 Å². The molecule has 2 aromatic heterocycles. The van der Waals surface area contributed by atoms with Crippen molar-refractivity contribution in [2.24, 2.45) is 0 Å².